The minimum absolute atomic E-state index is 0.230. The van der Waals surface area contributed by atoms with Crippen molar-refractivity contribution in [2.24, 2.45) is 5.92 Å². The lowest BCUT2D eigenvalue weighted by molar-refractivity contribution is -0.151. The van der Waals surface area contributed by atoms with Gasteiger partial charge in [0.15, 0.2) is 0 Å². The van der Waals surface area contributed by atoms with Gasteiger partial charge in [0.05, 0.1) is 0 Å². The van der Waals surface area contributed by atoms with Crippen molar-refractivity contribution in [3.8, 4) is 0 Å². The summed E-state index contributed by atoms with van der Waals surface area (Å²) in [7, 11) is 0. The smallest absolute Gasteiger partial charge is 0.170 e. The van der Waals surface area contributed by atoms with Gasteiger partial charge in [-0.15, -0.1) is 5.73 Å². The molecule has 0 fully saturated rings. The Morgan fingerprint density at radius 2 is 1.92 bits per heavy atom. The maximum Gasteiger partial charge on any atom is 0.399 e. The molecular formula is C9H9F3. The van der Waals surface area contributed by atoms with Crippen LogP contribution in [0.15, 0.2) is 29.0 Å². The number of rotatable bonds is 0. The summed E-state index contributed by atoms with van der Waals surface area (Å²) < 4.78 is 36.7. The van der Waals surface area contributed by atoms with Crippen molar-refractivity contribution in [1.82, 2.24) is 0 Å². The van der Waals surface area contributed by atoms with E-state index in [4.69, 9.17) is 0 Å². The molecule has 1 unspecified atom stereocenters. The molecule has 0 saturated carbocycles. The average Bonchev–Trinajstić information content (AvgIpc) is 1.92. The Morgan fingerprint density at radius 1 is 1.33 bits per heavy atom. The zero-order valence-corrected chi connectivity index (χ0v) is 6.87. The summed E-state index contributed by atoms with van der Waals surface area (Å²) in [6, 6.07) is 0. The van der Waals surface area contributed by atoms with Crippen LogP contribution in [0.1, 0.15) is 13.8 Å². The fourth-order valence-corrected chi connectivity index (χ4v) is 1.09. The maximum absolute atomic E-state index is 12.2. The number of hydrogen-bond donors (Lipinski definition) is 0. The molecule has 0 radical (unpaired) electrons. The Labute approximate surface area is 69.1 Å². The highest BCUT2D eigenvalue weighted by molar-refractivity contribution is 5.29. The van der Waals surface area contributed by atoms with Crippen molar-refractivity contribution in [2.75, 3.05) is 0 Å². The van der Waals surface area contributed by atoms with Crippen LogP contribution in [0, 0.1) is 5.92 Å². The summed E-state index contributed by atoms with van der Waals surface area (Å²) in [6.45, 7) is 3.08. The van der Waals surface area contributed by atoms with Gasteiger partial charge in [-0.3, -0.25) is 0 Å². The van der Waals surface area contributed by atoms with Gasteiger partial charge in [0.2, 0.25) is 0 Å². The van der Waals surface area contributed by atoms with E-state index < -0.39 is 12.1 Å². The van der Waals surface area contributed by atoms with E-state index in [1.54, 1.807) is 13.0 Å². The van der Waals surface area contributed by atoms with Gasteiger partial charge in [-0.05, 0) is 31.1 Å². The maximum atomic E-state index is 12.2. The molecule has 0 aromatic heterocycles. The van der Waals surface area contributed by atoms with E-state index >= 15 is 0 Å². The molecule has 12 heavy (non-hydrogen) atoms. The van der Waals surface area contributed by atoms with Crippen molar-refractivity contribution >= 4 is 0 Å². The average molecular weight is 174 g/mol. The van der Waals surface area contributed by atoms with Gasteiger partial charge < -0.3 is 0 Å². The molecule has 0 nitrogen and oxygen atoms in total. The van der Waals surface area contributed by atoms with Gasteiger partial charge >= 0.3 is 6.18 Å². The minimum atomic E-state index is -4.17. The van der Waals surface area contributed by atoms with Crippen LogP contribution in [0.4, 0.5) is 13.2 Å². The van der Waals surface area contributed by atoms with Crippen LogP contribution >= 0.6 is 0 Å². The van der Waals surface area contributed by atoms with Crippen LogP contribution in [0.25, 0.3) is 0 Å². The lowest BCUT2D eigenvalue weighted by Gasteiger charge is -2.18. The quantitative estimate of drug-likeness (QED) is 0.494. The van der Waals surface area contributed by atoms with Crippen molar-refractivity contribution in [3.63, 3.8) is 0 Å². The first kappa shape index (κ1) is 9.14. The number of alkyl halides is 3. The molecule has 0 spiro atoms. The van der Waals surface area contributed by atoms with E-state index in [0.29, 0.717) is 5.57 Å². The van der Waals surface area contributed by atoms with Crippen molar-refractivity contribution < 1.29 is 13.2 Å². The zero-order valence-electron chi connectivity index (χ0n) is 6.87. The Hall–Kier alpha value is -0.950. The van der Waals surface area contributed by atoms with Gasteiger partial charge in [0.1, 0.15) is 5.92 Å². The van der Waals surface area contributed by atoms with Gasteiger partial charge in [0.25, 0.3) is 0 Å². The van der Waals surface area contributed by atoms with Gasteiger partial charge in [-0.25, -0.2) is 0 Å². The summed E-state index contributed by atoms with van der Waals surface area (Å²) in [4.78, 5) is 0. The summed E-state index contributed by atoms with van der Waals surface area (Å²) in [6.07, 6.45) is -1.39. The SMILES string of the molecule is CC1=C=CC(C)=CC1C(F)(F)F. The Morgan fingerprint density at radius 3 is 2.33 bits per heavy atom. The highest BCUT2D eigenvalue weighted by atomic mass is 19.4. The molecule has 0 aromatic rings. The van der Waals surface area contributed by atoms with Crippen molar-refractivity contribution in [2.45, 2.75) is 20.0 Å². The normalized spacial score (nSPS) is 23.6. The van der Waals surface area contributed by atoms with E-state index in [1.165, 1.54) is 13.0 Å². The predicted octanol–water partition coefficient (Wildman–Crippen LogP) is 3.23. The molecular weight excluding hydrogens is 165 g/mol. The summed E-state index contributed by atoms with van der Waals surface area (Å²) in [5.41, 5.74) is 3.44. The Bertz CT molecular complexity index is 275. The molecule has 0 bridgehead atoms. The molecule has 1 atom stereocenters. The second kappa shape index (κ2) is 2.83. The molecule has 0 N–H and O–H groups in total. The summed E-state index contributed by atoms with van der Waals surface area (Å²) >= 11 is 0. The molecule has 1 aliphatic rings. The third-order valence-corrected chi connectivity index (χ3v) is 1.78. The second-order valence-electron chi connectivity index (χ2n) is 2.90. The lowest BCUT2D eigenvalue weighted by Crippen LogP contribution is -2.22. The highest BCUT2D eigenvalue weighted by Gasteiger charge is 2.39. The second-order valence-corrected chi connectivity index (χ2v) is 2.90. The number of halogens is 3. The summed E-state index contributed by atoms with van der Waals surface area (Å²) in [5, 5.41) is 0. The van der Waals surface area contributed by atoms with E-state index in [2.05, 4.69) is 5.73 Å². The van der Waals surface area contributed by atoms with Crippen molar-refractivity contribution in [3.05, 3.63) is 29.0 Å². The van der Waals surface area contributed by atoms with Crippen LogP contribution in [0.5, 0.6) is 0 Å². The minimum Gasteiger partial charge on any atom is -0.170 e. The van der Waals surface area contributed by atoms with Crippen LogP contribution < -0.4 is 0 Å². The third-order valence-electron chi connectivity index (χ3n) is 1.78. The molecule has 0 aromatic carbocycles. The van der Waals surface area contributed by atoms with Crippen molar-refractivity contribution in [1.29, 1.82) is 0 Å². The molecule has 3 heteroatoms. The number of allylic oxidation sites excluding steroid dienone is 3. The van der Waals surface area contributed by atoms with Crippen LogP contribution in [-0.4, -0.2) is 6.18 Å². The van der Waals surface area contributed by atoms with Gasteiger partial charge in [-0.2, -0.15) is 13.2 Å². The summed E-state index contributed by atoms with van der Waals surface area (Å²) in [5.74, 6) is -1.44. The molecule has 0 saturated heterocycles. The monoisotopic (exact) mass is 174 g/mol. The molecule has 0 amide bonds. The molecule has 1 rings (SSSR count). The van der Waals surface area contributed by atoms with Gasteiger partial charge in [0, 0.05) is 0 Å². The predicted molar refractivity (Wildman–Crippen MR) is 40.6 cm³/mol. The van der Waals surface area contributed by atoms with E-state index in [-0.39, 0.29) is 5.57 Å². The zero-order chi connectivity index (χ0) is 9.35. The number of hydrogen-bond acceptors (Lipinski definition) is 0. The Balaban J connectivity index is 3.03. The van der Waals surface area contributed by atoms with Gasteiger partial charge in [-0.1, -0.05) is 6.08 Å². The third kappa shape index (κ3) is 1.80. The van der Waals surface area contributed by atoms with E-state index in [0.717, 1.165) is 0 Å². The van der Waals surface area contributed by atoms with Crippen LogP contribution in [0.3, 0.4) is 0 Å². The standard InChI is InChI=1S/C9H9F3/c1-6-3-4-7(2)8(5-6)9(10,11)12/h3,5,8H,1-2H3. The molecule has 66 valence electrons. The Kier molecular flexibility index (Phi) is 2.16. The lowest BCUT2D eigenvalue weighted by atomic mass is 9.94. The molecule has 0 heterocycles. The molecule has 0 aliphatic heterocycles. The highest BCUT2D eigenvalue weighted by Crippen LogP contribution is 2.34. The fraction of sp³-hybridized carbons (Fsp3) is 0.444. The van der Waals surface area contributed by atoms with E-state index in [1.807, 2.05) is 0 Å². The topological polar surface area (TPSA) is 0 Å². The van der Waals surface area contributed by atoms with Crippen LogP contribution in [0.2, 0.25) is 0 Å². The first-order valence-electron chi connectivity index (χ1n) is 3.59. The van der Waals surface area contributed by atoms with E-state index in [9.17, 15) is 13.2 Å². The first-order chi connectivity index (χ1) is 5.41. The largest absolute Gasteiger partial charge is 0.399 e. The van der Waals surface area contributed by atoms with Crippen LogP contribution in [-0.2, 0) is 0 Å². The molecule has 1 aliphatic carbocycles. The first-order valence-corrected chi connectivity index (χ1v) is 3.59. The fourth-order valence-electron chi connectivity index (χ4n) is 1.09.